The minimum atomic E-state index is 0.136. The van der Waals surface area contributed by atoms with Gasteiger partial charge in [0.2, 0.25) is 0 Å². The number of anilines is 1. The second-order valence-electron chi connectivity index (χ2n) is 4.63. The van der Waals surface area contributed by atoms with E-state index in [1.165, 1.54) is 0 Å². The molecule has 0 spiro atoms. The predicted molar refractivity (Wildman–Crippen MR) is 70.2 cm³/mol. The van der Waals surface area contributed by atoms with Gasteiger partial charge in [-0.1, -0.05) is 50.3 Å². The van der Waals surface area contributed by atoms with Crippen molar-refractivity contribution in [2.45, 2.75) is 13.8 Å². The smallest absolute Gasteiger partial charge is 0.0384 e. The highest BCUT2D eigenvalue weighted by Gasteiger charge is 2.10. The van der Waals surface area contributed by atoms with Gasteiger partial charge in [-0.15, -0.1) is 0 Å². The molecule has 0 aromatic heterocycles. The maximum absolute atomic E-state index is 3.38. The summed E-state index contributed by atoms with van der Waals surface area (Å²) < 4.78 is 0. The van der Waals surface area contributed by atoms with Crippen LogP contribution in [0.5, 0.6) is 0 Å². The number of hydrogen-bond donors (Lipinski definition) is 1. The fraction of sp³-hybridized carbons (Fsp3) is 0.200. The molecule has 1 N–H and O–H groups in total. The first kappa shape index (κ1) is 10.7. The van der Waals surface area contributed by atoms with Gasteiger partial charge >= 0.3 is 0 Å². The van der Waals surface area contributed by atoms with Crippen LogP contribution in [-0.2, 0) is 0 Å². The Labute approximate surface area is 97.2 Å². The van der Waals surface area contributed by atoms with Crippen molar-refractivity contribution in [3.05, 3.63) is 66.4 Å². The first-order valence-corrected chi connectivity index (χ1v) is 5.57. The third kappa shape index (κ3) is 2.86. The number of nitrogens with one attached hydrogen (secondary N) is 1. The SMILES string of the molecule is CC1(C)C=CC=C(Nc2ccccc2)C=C1. The second-order valence-corrected chi connectivity index (χ2v) is 4.63. The highest BCUT2D eigenvalue weighted by atomic mass is 14.9. The molecule has 1 aromatic rings. The molecule has 0 radical (unpaired) electrons. The van der Waals surface area contributed by atoms with Gasteiger partial charge in [0.1, 0.15) is 0 Å². The third-order valence-corrected chi connectivity index (χ3v) is 2.56. The predicted octanol–water partition coefficient (Wildman–Crippen LogP) is 4.13. The topological polar surface area (TPSA) is 12.0 Å². The van der Waals surface area contributed by atoms with Gasteiger partial charge in [0.25, 0.3) is 0 Å². The second kappa shape index (κ2) is 4.40. The van der Waals surface area contributed by atoms with Crippen LogP contribution in [0.2, 0.25) is 0 Å². The summed E-state index contributed by atoms with van der Waals surface area (Å²) in [4.78, 5) is 0. The summed E-state index contributed by atoms with van der Waals surface area (Å²) in [6, 6.07) is 10.2. The van der Waals surface area contributed by atoms with E-state index >= 15 is 0 Å². The lowest BCUT2D eigenvalue weighted by atomic mass is 9.93. The average Bonchev–Trinajstić information content (AvgIpc) is 2.42. The van der Waals surface area contributed by atoms with Crippen molar-refractivity contribution in [2.24, 2.45) is 5.41 Å². The lowest BCUT2D eigenvalue weighted by molar-refractivity contribution is 0.627. The molecule has 2 rings (SSSR count). The van der Waals surface area contributed by atoms with E-state index in [1.807, 2.05) is 18.2 Å². The normalized spacial score (nSPS) is 17.8. The van der Waals surface area contributed by atoms with Crippen molar-refractivity contribution in [1.29, 1.82) is 0 Å². The number of hydrogen-bond acceptors (Lipinski definition) is 1. The zero-order chi connectivity index (χ0) is 11.4. The Bertz CT molecular complexity index is 436. The Kier molecular flexibility index (Phi) is 2.95. The first-order chi connectivity index (χ1) is 7.66. The fourth-order valence-electron chi connectivity index (χ4n) is 1.59. The van der Waals surface area contributed by atoms with E-state index in [0.717, 1.165) is 11.4 Å². The van der Waals surface area contributed by atoms with Crippen molar-refractivity contribution in [3.8, 4) is 0 Å². The summed E-state index contributed by atoms with van der Waals surface area (Å²) in [5, 5.41) is 3.38. The van der Waals surface area contributed by atoms with Gasteiger partial charge in [-0.2, -0.15) is 0 Å². The maximum atomic E-state index is 3.38. The van der Waals surface area contributed by atoms with Gasteiger partial charge in [0.05, 0.1) is 0 Å². The van der Waals surface area contributed by atoms with Gasteiger partial charge in [0.15, 0.2) is 0 Å². The maximum Gasteiger partial charge on any atom is 0.0384 e. The van der Waals surface area contributed by atoms with Crippen LogP contribution in [0.25, 0.3) is 0 Å². The summed E-state index contributed by atoms with van der Waals surface area (Å²) in [7, 11) is 0. The average molecular weight is 211 g/mol. The lowest BCUT2D eigenvalue weighted by Crippen LogP contribution is -2.01. The monoisotopic (exact) mass is 211 g/mol. The molecular weight excluding hydrogens is 194 g/mol. The van der Waals surface area contributed by atoms with Crippen LogP contribution in [0.4, 0.5) is 5.69 Å². The molecule has 1 heteroatoms. The van der Waals surface area contributed by atoms with Crippen LogP contribution in [0, 0.1) is 5.41 Å². The summed E-state index contributed by atoms with van der Waals surface area (Å²) >= 11 is 0. The van der Waals surface area contributed by atoms with Crippen LogP contribution in [0.15, 0.2) is 66.4 Å². The third-order valence-electron chi connectivity index (χ3n) is 2.56. The summed E-state index contributed by atoms with van der Waals surface area (Å²) in [6.45, 7) is 4.39. The standard InChI is InChI=1S/C15H17N/c1-15(2)11-6-9-14(10-12-15)16-13-7-4-3-5-8-13/h3-12,16H,1-2H3. The van der Waals surface area contributed by atoms with Gasteiger partial charge < -0.3 is 5.32 Å². The molecule has 1 aliphatic carbocycles. The number of benzene rings is 1. The van der Waals surface area contributed by atoms with Crippen LogP contribution in [0.1, 0.15) is 13.8 Å². The van der Waals surface area contributed by atoms with E-state index in [-0.39, 0.29) is 5.41 Å². The lowest BCUT2D eigenvalue weighted by Gasteiger charge is -2.12. The Morgan fingerprint density at radius 2 is 1.75 bits per heavy atom. The highest BCUT2D eigenvalue weighted by molar-refractivity contribution is 5.51. The molecule has 0 unspecified atom stereocenters. The molecule has 0 bridgehead atoms. The number of allylic oxidation sites excluding steroid dienone is 5. The molecule has 0 amide bonds. The van der Waals surface area contributed by atoms with E-state index in [4.69, 9.17) is 0 Å². The zero-order valence-electron chi connectivity index (χ0n) is 9.77. The van der Waals surface area contributed by atoms with Crippen molar-refractivity contribution in [3.63, 3.8) is 0 Å². The molecule has 1 nitrogen and oxygen atoms in total. The Morgan fingerprint density at radius 3 is 2.50 bits per heavy atom. The highest BCUT2D eigenvalue weighted by Crippen LogP contribution is 2.23. The van der Waals surface area contributed by atoms with Crippen molar-refractivity contribution >= 4 is 5.69 Å². The number of rotatable bonds is 2. The Morgan fingerprint density at radius 1 is 1.00 bits per heavy atom. The van der Waals surface area contributed by atoms with Crippen LogP contribution in [0.3, 0.4) is 0 Å². The molecule has 0 aliphatic heterocycles. The van der Waals surface area contributed by atoms with Gasteiger partial charge in [0, 0.05) is 16.8 Å². The largest absolute Gasteiger partial charge is 0.356 e. The van der Waals surface area contributed by atoms with E-state index in [1.54, 1.807) is 0 Å². The van der Waals surface area contributed by atoms with E-state index in [2.05, 4.69) is 61.7 Å². The fourth-order valence-corrected chi connectivity index (χ4v) is 1.59. The van der Waals surface area contributed by atoms with Gasteiger partial charge in [-0.05, 0) is 24.3 Å². The molecule has 0 heterocycles. The van der Waals surface area contributed by atoms with E-state index in [0.29, 0.717) is 0 Å². The summed E-state index contributed by atoms with van der Waals surface area (Å²) in [6.07, 6.45) is 10.7. The molecule has 0 saturated carbocycles. The Hall–Kier alpha value is -1.76. The molecular formula is C15H17N. The summed E-state index contributed by atoms with van der Waals surface area (Å²) in [5.41, 5.74) is 2.37. The van der Waals surface area contributed by atoms with Crippen LogP contribution >= 0.6 is 0 Å². The molecule has 16 heavy (non-hydrogen) atoms. The van der Waals surface area contributed by atoms with Crippen molar-refractivity contribution in [1.82, 2.24) is 0 Å². The molecule has 82 valence electrons. The minimum Gasteiger partial charge on any atom is -0.356 e. The minimum absolute atomic E-state index is 0.136. The number of para-hydroxylation sites is 1. The van der Waals surface area contributed by atoms with Crippen molar-refractivity contribution in [2.75, 3.05) is 5.32 Å². The zero-order valence-corrected chi connectivity index (χ0v) is 9.77. The van der Waals surface area contributed by atoms with Gasteiger partial charge in [-0.25, -0.2) is 0 Å². The Balaban J connectivity index is 2.13. The molecule has 0 atom stereocenters. The first-order valence-electron chi connectivity index (χ1n) is 5.57. The van der Waals surface area contributed by atoms with Crippen LogP contribution < -0.4 is 5.32 Å². The molecule has 1 aromatic carbocycles. The quantitative estimate of drug-likeness (QED) is 0.775. The van der Waals surface area contributed by atoms with Crippen molar-refractivity contribution < 1.29 is 0 Å². The molecule has 1 aliphatic rings. The molecule has 0 saturated heterocycles. The van der Waals surface area contributed by atoms with Crippen LogP contribution in [-0.4, -0.2) is 0 Å². The van der Waals surface area contributed by atoms with Gasteiger partial charge in [-0.3, -0.25) is 0 Å². The molecule has 0 fully saturated rings. The van der Waals surface area contributed by atoms with E-state index < -0.39 is 0 Å². The van der Waals surface area contributed by atoms with E-state index in [9.17, 15) is 0 Å². The summed E-state index contributed by atoms with van der Waals surface area (Å²) in [5.74, 6) is 0.